The average molecular weight is 468 g/mol. The minimum absolute atomic E-state index is 0.123. The summed E-state index contributed by atoms with van der Waals surface area (Å²) < 4.78 is 0. The van der Waals surface area contributed by atoms with Gasteiger partial charge in [-0.15, -0.1) is 0 Å². The highest BCUT2D eigenvalue weighted by Crippen LogP contribution is 2.30. The van der Waals surface area contributed by atoms with Crippen LogP contribution in [0.15, 0.2) is 84.9 Å². The Labute approximate surface area is 210 Å². The Morgan fingerprint density at radius 1 is 0.800 bits per heavy atom. The second-order valence-electron chi connectivity index (χ2n) is 10.1. The molecule has 4 heteroatoms. The molecule has 0 aliphatic carbocycles. The fourth-order valence-corrected chi connectivity index (χ4v) is 5.77. The Kier molecular flexibility index (Phi) is 7.60. The molecule has 2 fully saturated rings. The maximum absolute atomic E-state index is 13.5. The number of benzene rings is 3. The smallest absolute Gasteiger partial charge is 0.227 e. The Hall–Kier alpha value is -2.95. The summed E-state index contributed by atoms with van der Waals surface area (Å²) in [6.07, 6.45) is 2.12. The van der Waals surface area contributed by atoms with Crippen LogP contribution < -0.4 is 0 Å². The van der Waals surface area contributed by atoms with Crippen molar-refractivity contribution >= 4 is 5.91 Å². The largest absolute Gasteiger partial charge is 0.340 e. The van der Waals surface area contributed by atoms with Gasteiger partial charge >= 0.3 is 0 Å². The number of piperidine rings is 1. The molecule has 0 bridgehead atoms. The summed E-state index contributed by atoms with van der Waals surface area (Å²) >= 11 is 0. The van der Waals surface area contributed by atoms with Crippen LogP contribution in [0, 0.1) is 12.8 Å². The lowest BCUT2D eigenvalue weighted by molar-refractivity contribution is -0.139. The Morgan fingerprint density at radius 2 is 1.40 bits per heavy atom. The van der Waals surface area contributed by atoms with E-state index in [-0.39, 0.29) is 12.0 Å². The van der Waals surface area contributed by atoms with Crippen LogP contribution in [0.1, 0.15) is 41.1 Å². The van der Waals surface area contributed by atoms with Crippen molar-refractivity contribution in [2.45, 2.75) is 32.4 Å². The molecular weight excluding hydrogens is 430 g/mol. The second kappa shape index (κ2) is 11.2. The third kappa shape index (κ3) is 5.66. The molecule has 3 aromatic carbocycles. The standard InChI is InChI=1S/C31H37N3O/c1-25-11-8-9-16-28(25)23-32-18-10-17-29(24-32)31(35)34-21-19-33(20-22-34)30(26-12-4-2-5-13-26)27-14-6-3-7-15-27/h2-9,11-16,29-30H,10,17-24H2,1H3. The van der Waals surface area contributed by atoms with Crippen molar-refractivity contribution in [1.82, 2.24) is 14.7 Å². The first-order valence-corrected chi connectivity index (χ1v) is 13.1. The first kappa shape index (κ1) is 23.8. The number of rotatable bonds is 6. The zero-order valence-electron chi connectivity index (χ0n) is 20.9. The van der Waals surface area contributed by atoms with Crippen molar-refractivity contribution in [2.75, 3.05) is 39.3 Å². The van der Waals surface area contributed by atoms with E-state index in [1.807, 2.05) is 0 Å². The van der Waals surface area contributed by atoms with Crippen molar-refractivity contribution < 1.29 is 4.79 Å². The van der Waals surface area contributed by atoms with Gasteiger partial charge in [0, 0.05) is 39.3 Å². The van der Waals surface area contributed by atoms with E-state index in [1.165, 1.54) is 22.3 Å². The highest BCUT2D eigenvalue weighted by molar-refractivity contribution is 5.79. The maximum Gasteiger partial charge on any atom is 0.227 e. The third-order valence-electron chi connectivity index (χ3n) is 7.73. The minimum Gasteiger partial charge on any atom is -0.340 e. The summed E-state index contributed by atoms with van der Waals surface area (Å²) in [5.41, 5.74) is 5.35. The zero-order valence-corrected chi connectivity index (χ0v) is 20.9. The summed E-state index contributed by atoms with van der Waals surface area (Å²) in [4.78, 5) is 20.7. The number of carbonyl (C=O) groups is 1. The van der Waals surface area contributed by atoms with Gasteiger partial charge in [0.15, 0.2) is 0 Å². The van der Waals surface area contributed by atoms with E-state index in [2.05, 4.69) is 107 Å². The van der Waals surface area contributed by atoms with Crippen molar-refractivity contribution in [3.05, 3.63) is 107 Å². The van der Waals surface area contributed by atoms with Gasteiger partial charge in [-0.3, -0.25) is 14.6 Å². The number of carbonyl (C=O) groups excluding carboxylic acids is 1. The van der Waals surface area contributed by atoms with E-state index in [0.29, 0.717) is 5.91 Å². The lowest BCUT2D eigenvalue weighted by atomic mass is 9.94. The molecule has 2 heterocycles. The van der Waals surface area contributed by atoms with Gasteiger partial charge in [-0.05, 0) is 48.6 Å². The number of hydrogen-bond donors (Lipinski definition) is 0. The van der Waals surface area contributed by atoms with E-state index in [1.54, 1.807) is 0 Å². The molecule has 4 nitrogen and oxygen atoms in total. The zero-order chi connectivity index (χ0) is 24.0. The van der Waals surface area contributed by atoms with Crippen LogP contribution in [0.5, 0.6) is 0 Å². The maximum atomic E-state index is 13.5. The molecule has 0 spiro atoms. The predicted molar refractivity (Wildman–Crippen MR) is 142 cm³/mol. The molecule has 2 aliphatic rings. The highest BCUT2D eigenvalue weighted by atomic mass is 16.2. The normalized spacial score (nSPS) is 19.7. The first-order chi connectivity index (χ1) is 17.2. The number of likely N-dealkylation sites (tertiary alicyclic amines) is 1. The van der Waals surface area contributed by atoms with E-state index in [9.17, 15) is 4.79 Å². The van der Waals surface area contributed by atoms with Gasteiger partial charge in [0.2, 0.25) is 5.91 Å². The van der Waals surface area contributed by atoms with Crippen molar-refractivity contribution in [3.8, 4) is 0 Å². The minimum atomic E-state index is 0.123. The molecule has 3 aromatic rings. The van der Waals surface area contributed by atoms with E-state index in [4.69, 9.17) is 0 Å². The molecule has 182 valence electrons. The van der Waals surface area contributed by atoms with Gasteiger partial charge in [-0.25, -0.2) is 0 Å². The lowest BCUT2D eigenvalue weighted by Crippen LogP contribution is -2.53. The fourth-order valence-electron chi connectivity index (χ4n) is 5.77. The lowest BCUT2D eigenvalue weighted by Gasteiger charge is -2.42. The van der Waals surface area contributed by atoms with Crippen LogP contribution in [0.3, 0.4) is 0 Å². The molecule has 35 heavy (non-hydrogen) atoms. The van der Waals surface area contributed by atoms with Crippen LogP contribution in [-0.2, 0) is 11.3 Å². The molecule has 2 aliphatic heterocycles. The molecule has 1 amide bonds. The summed E-state index contributed by atoms with van der Waals surface area (Å²) in [5.74, 6) is 0.480. The van der Waals surface area contributed by atoms with Crippen molar-refractivity contribution in [3.63, 3.8) is 0 Å². The fraction of sp³-hybridized carbons (Fsp3) is 0.387. The van der Waals surface area contributed by atoms with Crippen LogP contribution >= 0.6 is 0 Å². The van der Waals surface area contributed by atoms with Crippen molar-refractivity contribution in [2.24, 2.45) is 5.92 Å². The Balaban J connectivity index is 1.21. The van der Waals surface area contributed by atoms with E-state index in [0.717, 1.165) is 58.7 Å². The SMILES string of the molecule is Cc1ccccc1CN1CCCC(C(=O)N2CCN(C(c3ccccc3)c3ccccc3)CC2)C1. The molecule has 5 rings (SSSR count). The van der Waals surface area contributed by atoms with Crippen LogP contribution in [0.25, 0.3) is 0 Å². The van der Waals surface area contributed by atoms with Crippen LogP contribution in [0.4, 0.5) is 0 Å². The Morgan fingerprint density at radius 3 is 2.03 bits per heavy atom. The molecule has 1 unspecified atom stereocenters. The van der Waals surface area contributed by atoms with Gasteiger partial charge in [0.1, 0.15) is 0 Å². The summed E-state index contributed by atoms with van der Waals surface area (Å²) in [6.45, 7) is 8.51. The number of hydrogen-bond acceptors (Lipinski definition) is 3. The van der Waals surface area contributed by atoms with Crippen LogP contribution in [-0.4, -0.2) is 59.9 Å². The van der Waals surface area contributed by atoms with Gasteiger partial charge in [-0.2, -0.15) is 0 Å². The summed E-state index contributed by atoms with van der Waals surface area (Å²) in [5, 5.41) is 0. The summed E-state index contributed by atoms with van der Waals surface area (Å²) in [7, 11) is 0. The van der Waals surface area contributed by atoms with Crippen molar-refractivity contribution in [1.29, 1.82) is 0 Å². The quantitative estimate of drug-likeness (QED) is 0.502. The van der Waals surface area contributed by atoms with Gasteiger partial charge in [0.05, 0.1) is 12.0 Å². The molecule has 1 atom stereocenters. The van der Waals surface area contributed by atoms with Crippen LogP contribution in [0.2, 0.25) is 0 Å². The molecular formula is C31H37N3O. The second-order valence-corrected chi connectivity index (χ2v) is 10.1. The number of amides is 1. The molecule has 0 N–H and O–H groups in total. The molecule has 2 saturated heterocycles. The number of aryl methyl sites for hydroxylation is 1. The molecule has 0 aromatic heterocycles. The van der Waals surface area contributed by atoms with Gasteiger partial charge < -0.3 is 4.90 Å². The Bertz CT molecular complexity index is 1050. The number of nitrogens with zero attached hydrogens (tertiary/aromatic N) is 3. The first-order valence-electron chi connectivity index (χ1n) is 13.1. The molecule has 0 saturated carbocycles. The van der Waals surface area contributed by atoms with Gasteiger partial charge in [0.25, 0.3) is 0 Å². The van der Waals surface area contributed by atoms with E-state index < -0.39 is 0 Å². The van der Waals surface area contributed by atoms with E-state index >= 15 is 0 Å². The third-order valence-corrected chi connectivity index (χ3v) is 7.73. The van der Waals surface area contributed by atoms with Gasteiger partial charge in [-0.1, -0.05) is 84.9 Å². The summed E-state index contributed by atoms with van der Waals surface area (Å²) in [6, 6.07) is 30.4. The number of piperazine rings is 1. The monoisotopic (exact) mass is 467 g/mol. The topological polar surface area (TPSA) is 26.8 Å². The average Bonchev–Trinajstić information content (AvgIpc) is 2.92. The molecule has 0 radical (unpaired) electrons. The predicted octanol–water partition coefficient (Wildman–Crippen LogP) is 5.14. The highest BCUT2D eigenvalue weighted by Gasteiger charge is 2.33.